The minimum Gasteiger partial charge on any atom is -0.310 e. The molecule has 11 aromatic rings. The first-order valence-corrected chi connectivity index (χ1v) is 20.3. The zero-order valence-electron chi connectivity index (χ0n) is 32.5. The van der Waals surface area contributed by atoms with E-state index in [1.165, 1.54) is 82.0 Å². The van der Waals surface area contributed by atoms with Crippen molar-refractivity contribution in [2.75, 3.05) is 4.90 Å². The lowest BCUT2D eigenvalue weighted by atomic mass is 9.91. The smallest absolute Gasteiger partial charge is 0.0546 e. The van der Waals surface area contributed by atoms with Crippen LogP contribution in [0.1, 0.15) is 0 Å². The maximum atomic E-state index is 2.43. The van der Waals surface area contributed by atoms with Gasteiger partial charge in [0.2, 0.25) is 0 Å². The van der Waals surface area contributed by atoms with Crippen molar-refractivity contribution in [2.24, 2.45) is 0 Å². The molecule has 0 aliphatic heterocycles. The molecule has 0 spiro atoms. The lowest BCUT2D eigenvalue weighted by Crippen LogP contribution is -2.11. The van der Waals surface area contributed by atoms with Crippen molar-refractivity contribution in [3.8, 4) is 44.5 Å². The van der Waals surface area contributed by atoms with Crippen LogP contribution < -0.4 is 4.90 Å². The van der Waals surface area contributed by atoms with Crippen LogP contribution in [-0.4, -0.2) is 0 Å². The lowest BCUT2D eigenvalue weighted by Gasteiger charge is -2.29. The quantitative estimate of drug-likeness (QED) is 0.147. The molecule has 0 unspecified atom stereocenters. The molecule has 0 aliphatic carbocycles. The van der Waals surface area contributed by atoms with Crippen molar-refractivity contribution < 1.29 is 0 Å². The minimum absolute atomic E-state index is 1.09. The summed E-state index contributed by atoms with van der Waals surface area (Å²) in [6, 6.07) is 86.4. The van der Waals surface area contributed by atoms with Crippen LogP contribution in [0.5, 0.6) is 0 Å². The number of anilines is 3. The van der Waals surface area contributed by atoms with Gasteiger partial charge in [-0.1, -0.05) is 188 Å². The number of benzene rings is 11. The van der Waals surface area contributed by atoms with Gasteiger partial charge in [0.15, 0.2) is 0 Å². The maximum Gasteiger partial charge on any atom is 0.0546 e. The summed E-state index contributed by atoms with van der Waals surface area (Å²) in [7, 11) is 0. The molecule has 276 valence electrons. The van der Waals surface area contributed by atoms with Crippen molar-refractivity contribution in [2.45, 2.75) is 0 Å². The molecule has 59 heavy (non-hydrogen) atoms. The Morgan fingerprint density at radius 1 is 0.220 bits per heavy atom. The van der Waals surface area contributed by atoms with E-state index in [1.807, 2.05) is 0 Å². The van der Waals surface area contributed by atoms with E-state index in [2.05, 4.69) is 241 Å². The van der Waals surface area contributed by atoms with Gasteiger partial charge in [-0.25, -0.2) is 0 Å². The molecule has 1 nitrogen and oxygen atoms in total. The molecule has 0 saturated heterocycles. The predicted molar refractivity (Wildman–Crippen MR) is 253 cm³/mol. The second kappa shape index (κ2) is 14.6. The molecule has 0 atom stereocenters. The predicted octanol–water partition coefficient (Wildman–Crippen LogP) is 16.4. The van der Waals surface area contributed by atoms with Crippen LogP contribution in [-0.2, 0) is 0 Å². The molecular weight excluding hydrogens is 711 g/mol. The molecule has 0 fully saturated rings. The third-order valence-corrected chi connectivity index (χ3v) is 11.8. The molecule has 0 aliphatic rings. The summed E-state index contributed by atoms with van der Waals surface area (Å²) in [5, 5.41) is 10.0. The van der Waals surface area contributed by atoms with Crippen molar-refractivity contribution in [1.29, 1.82) is 0 Å². The van der Waals surface area contributed by atoms with Crippen LogP contribution in [0, 0.1) is 0 Å². The molecule has 0 heterocycles. The van der Waals surface area contributed by atoms with E-state index in [0.717, 1.165) is 22.6 Å². The maximum absolute atomic E-state index is 2.43. The fourth-order valence-corrected chi connectivity index (χ4v) is 8.81. The van der Waals surface area contributed by atoms with E-state index in [0.29, 0.717) is 0 Å². The molecule has 0 N–H and O–H groups in total. The number of nitrogens with zero attached hydrogens (tertiary/aromatic N) is 1. The second-order valence-corrected chi connectivity index (χ2v) is 15.3. The van der Waals surface area contributed by atoms with Gasteiger partial charge < -0.3 is 4.90 Å². The summed E-state index contributed by atoms with van der Waals surface area (Å²) in [5.74, 6) is 0. The Hall–Kier alpha value is -7.74. The Morgan fingerprint density at radius 3 is 1.27 bits per heavy atom. The van der Waals surface area contributed by atoms with E-state index < -0.39 is 0 Å². The highest BCUT2D eigenvalue weighted by Gasteiger charge is 2.20. The van der Waals surface area contributed by atoms with Crippen molar-refractivity contribution in [3.05, 3.63) is 237 Å². The molecule has 0 aromatic heterocycles. The normalized spacial score (nSPS) is 11.4. The average molecular weight is 750 g/mol. The molecule has 11 rings (SSSR count). The highest BCUT2D eigenvalue weighted by molar-refractivity contribution is 6.14. The first kappa shape index (κ1) is 34.5. The third kappa shape index (κ3) is 6.40. The lowest BCUT2D eigenvalue weighted by molar-refractivity contribution is 1.28. The molecule has 0 bridgehead atoms. The first-order valence-electron chi connectivity index (χ1n) is 20.3. The van der Waals surface area contributed by atoms with Crippen molar-refractivity contribution in [3.63, 3.8) is 0 Å². The molecular formula is C58H39N. The topological polar surface area (TPSA) is 3.24 Å². The van der Waals surface area contributed by atoms with Gasteiger partial charge in [0.25, 0.3) is 0 Å². The molecule has 0 amide bonds. The Kier molecular flexibility index (Phi) is 8.56. The fourth-order valence-electron chi connectivity index (χ4n) is 8.81. The molecule has 0 radical (unpaired) electrons. The van der Waals surface area contributed by atoms with Gasteiger partial charge in [-0.3, -0.25) is 0 Å². The zero-order chi connectivity index (χ0) is 39.1. The van der Waals surface area contributed by atoms with Gasteiger partial charge in [-0.05, 0) is 131 Å². The Morgan fingerprint density at radius 2 is 0.678 bits per heavy atom. The Bertz CT molecular complexity index is 3180. The van der Waals surface area contributed by atoms with Gasteiger partial charge in [-0.15, -0.1) is 0 Å². The van der Waals surface area contributed by atoms with E-state index >= 15 is 0 Å². The van der Waals surface area contributed by atoms with Crippen LogP contribution in [0.25, 0.3) is 87.6 Å². The van der Waals surface area contributed by atoms with Crippen molar-refractivity contribution >= 4 is 60.2 Å². The highest BCUT2D eigenvalue weighted by Crippen LogP contribution is 2.45. The largest absolute Gasteiger partial charge is 0.310 e. The number of hydrogen-bond acceptors (Lipinski definition) is 1. The third-order valence-electron chi connectivity index (χ3n) is 11.8. The van der Waals surface area contributed by atoms with Gasteiger partial charge in [-0.2, -0.15) is 0 Å². The van der Waals surface area contributed by atoms with Gasteiger partial charge in [0, 0.05) is 16.9 Å². The monoisotopic (exact) mass is 749 g/mol. The molecule has 0 saturated carbocycles. The average Bonchev–Trinajstić information content (AvgIpc) is 3.32. The van der Waals surface area contributed by atoms with E-state index in [4.69, 9.17) is 0 Å². The molecule has 11 aromatic carbocycles. The van der Waals surface area contributed by atoms with Crippen LogP contribution >= 0.6 is 0 Å². The summed E-state index contributed by atoms with van der Waals surface area (Å²) < 4.78 is 0. The number of fused-ring (bicyclic) bond motifs is 5. The van der Waals surface area contributed by atoms with Crippen molar-refractivity contribution in [1.82, 2.24) is 0 Å². The van der Waals surface area contributed by atoms with Crippen LogP contribution in [0.3, 0.4) is 0 Å². The Balaban J connectivity index is 1.10. The summed E-state index contributed by atoms with van der Waals surface area (Å²) in [6.45, 7) is 0. The van der Waals surface area contributed by atoms with Gasteiger partial charge in [0.1, 0.15) is 0 Å². The first-order chi connectivity index (χ1) is 29.2. The van der Waals surface area contributed by atoms with Crippen LogP contribution in [0.2, 0.25) is 0 Å². The SMILES string of the molecule is c1ccc(-c2ccc(-c3cc4ccccc4c4ccccc34)cc2N(c2ccc(-c3ccc4ccccc4c3)cc2)c2ccc(-c3ccc4ccccc4c3)cc2)cc1. The summed E-state index contributed by atoms with van der Waals surface area (Å²) in [5.41, 5.74) is 12.8. The van der Waals surface area contributed by atoms with E-state index in [9.17, 15) is 0 Å². The minimum atomic E-state index is 1.09. The molecule has 1 heteroatoms. The van der Waals surface area contributed by atoms with Crippen LogP contribution in [0.15, 0.2) is 237 Å². The number of rotatable bonds is 7. The van der Waals surface area contributed by atoms with E-state index in [-0.39, 0.29) is 0 Å². The van der Waals surface area contributed by atoms with Crippen LogP contribution in [0.4, 0.5) is 17.1 Å². The summed E-state index contributed by atoms with van der Waals surface area (Å²) in [6.07, 6.45) is 0. The zero-order valence-corrected chi connectivity index (χ0v) is 32.5. The number of hydrogen-bond donors (Lipinski definition) is 0. The second-order valence-electron chi connectivity index (χ2n) is 15.3. The van der Waals surface area contributed by atoms with Gasteiger partial charge >= 0.3 is 0 Å². The fraction of sp³-hybridized carbons (Fsp3) is 0. The Labute approximate surface area is 344 Å². The standard InChI is InChI=1S/C58H39N/c1-2-14-44(15-3-1)54-35-30-50(57-38-49-18-8-9-19-53(49)55-20-10-11-21-56(55)57)39-58(54)59(51-31-26-42(27-32-51)47-24-22-40-12-4-6-16-45(40)36-47)52-33-28-43(29-34-52)48-25-23-41-13-5-7-17-46(41)37-48/h1-39H. The summed E-state index contributed by atoms with van der Waals surface area (Å²) >= 11 is 0. The van der Waals surface area contributed by atoms with Gasteiger partial charge in [0.05, 0.1) is 5.69 Å². The summed E-state index contributed by atoms with van der Waals surface area (Å²) in [4.78, 5) is 2.43. The van der Waals surface area contributed by atoms with E-state index in [1.54, 1.807) is 0 Å². The highest BCUT2D eigenvalue weighted by atomic mass is 15.1.